The molecule has 0 spiro atoms. The van der Waals surface area contributed by atoms with E-state index in [4.69, 9.17) is 15.0 Å². The number of amides is 2. The topological polar surface area (TPSA) is 130 Å². The molecule has 10 nitrogen and oxygen atoms in total. The van der Waals surface area contributed by atoms with Crippen LogP contribution in [0.4, 0.5) is 15.4 Å². The Morgan fingerprint density at radius 1 is 1.13 bits per heavy atom. The molecule has 2 heterocycles. The normalized spacial score (nSPS) is 17.5. The van der Waals surface area contributed by atoms with Gasteiger partial charge in [-0.05, 0) is 95.5 Å². The van der Waals surface area contributed by atoms with Crippen LogP contribution in [0.3, 0.4) is 0 Å². The van der Waals surface area contributed by atoms with Crippen molar-refractivity contribution in [2.75, 3.05) is 18.4 Å². The number of rotatable bonds is 8. The van der Waals surface area contributed by atoms with Crippen LogP contribution in [0, 0.1) is 12.8 Å². The molecule has 10 heteroatoms. The SMILES string of the molecule is Cc1cc(CC2CN(C(=O)OC(C)(C)C)CC2N=[N+]=[N-])nc(NC(=O)OC(C)(C)CCc2ccccc2)c1. The van der Waals surface area contributed by atoms with Gasteiger partial charge in [0.2, 0.25) is 0 Å². The van der Waals surface area contributed by atoms with Crippen molar-refractivity contribution < 1.29 is 19.1 Å². The van der Waals surface area contributed by atoms with Crippen LogP contribution in [0.5, 0.6) is 0 Å². The molecule has 1 saturated heterocycles. The Balaban J connectivity index is 1.63. The van der Waals surface area contributed by atoms with E-state index in [-0.39, 0.29) is 12.5 Å². The molecule has 3 rings (SSSR count). The van der Waals surface area contributed by atoms with Gasteiger partial charge in [0, 0.05) is 23.7 Å². The first kappa shape index (κ1) is 28.8. The van der Waals surface area contributed by atoms with Crippen LogP contribution >= 0.6 is 0 Å². The van der Waals surface area contributed by atoms with Gasteiger partial charge in [-0.25, -0.2) is 14.6 Å². The summed E-state index contributed by atoms with van der Waals surface area (Å²) in [6, 6.07) is 13.4. The molecule has 2 atom stereocenters. The maximum Gasteiger partial charge on any atom is 0.413 e. The van der Waals surface area contributed by atoms with E-state index in [1.165, 1.54) is 5.56 Å². The molecule has 0 bridgehead atoms. The highest BCUT2D eigenvalue weighted by Crippen LogP contribution is 2.27. The quantitative estimate of drug-likeness (QED) is 0.242. The monoisotopic (exact) mass is 522 g/mol. The Hall–Kier alpha value is -3.78. The lowest BCUT2D eigenvalue weighted by atomic mass is 9.97. The zero-order chi connectivity index (χ0) is 27.9. The van der Waals surface area contributed by atoms with Crippen molar-refractivity contribution in [1.29, 1.82) is 0 Å². The van der Waals surface area contributed by atoms with Crippen molar-refractivity contribution in [3.63, 3.8) is 0 Å². The summed E-state index contributed by atoms with van der Waals surface area (Å²) in [5.74, 6) is 0.246. The number of ether oxygens (including phenoxy) is 2. The maximum absolute atomic E-state index is 12.7. The maximum atomic E-state index is 12.7. The molecule has 2 unspecified atom stereocenters. The van der Waals surface area contributed by atoms with Crippen LogP contribution in [0.25, 0.3) is 10.4 Å². The lowest BCUT2D eigenvalue weighted by Crippen LogP contribution is -2.35. The van der Waals surface area contributed by atoms with Crippen molar-refractivity contribution in [3.8, 4) is 0 Å². The van der Waals surface area contributed by atoms with Gasteiger partial charge in [-0.3, -0.25) is 5.32 Å². The van der Waals surface area contributed by atoms with Gasteiger partial charge < -0.3 is 14.4 Å². The number of azide groups is 1. The fraction of sp³-hybridized carbons (Fsp3) is 0.536. The Bertz CT molecular complexity index is 1170. The number of benzene rings is 1. The highest BCUT2D eigenvalue weighted by atomic mass is 16.6. The number of nitrogens with zero attached hydrogens (tertiary/aromatic N) is 5. The van der Waals surface area contributed by atoms with Crippen LogP contribution in [-0.2, 0) is 22.3 Å². The van der Waals surface area contributed by atoms with Crippen molar-refractivity contribution in [1.82, 2.24) is 9.88 Å². The minimum absolute atomic E-state index is 0.135. The second-order valence-electron chi connectivity index (χ2n) is 11.4. The van der Waals surface area contributed by atoms with Crippen molar-refractivity contribution in [2.24, 2.45) is 11.0 Å². The average Bonchev–Trinajstić information content (AvgIpc) is 3.19. The summed E-state index contributed by atoms with van der Waals surface area (Å²) >= 11 is 0. The summed E-state index contributed by atoms with van der Waals surface area (Å²) in [5, 5.41) is 6.67. The van der Waals surface area contributed by atoms with Crippen molar-refractivity contribution in [3.05, 3.63) is 69.7 Å². The van der Waals surface area contributed by atoms with Gasteiger partial charge in [0.1, 0.15) is 17.0 Å². The van der Waals surface area contributed by atoms with Crippen molar-refractivity contribution >= 4 is 18.0 Å². The number of aryl methyl sites for hydroxylation is 2. The molecule has 2 aromatic rings. The fourth-order valence-electron chi connectivity index (χ4n) is 4.43. The van der Waals surface area contributed by atoms with Crippen LogP contribution in [0.1, 0.15) is 57.9 Å². The van der Waals surface area contributed by atoms with E-state index in [0.717, 1.165) is 17.7 Å². The summed E-state index contributed by atoms with van der Waals surface area (Å²) in [5.41, 5.74) is 10.6. The molecule has 1 fully saturated rings. The van der Waals surface area contributed by atoms with Gasteiger partial charge in [-0.2, -0.15) is 0 Å². The fourth-order valence-corrected chi connectivity index (χ4v) is 4.43. The number of anilines is 1. The number of carbonyl (C=O) groups is 2. The average molecular weight is 523 g/mol. The molecule has 1 aliphatic heterocycles. The second-order valence-corrected chi connectivity index (χ2v) is 11.4. The predicted molar refractivity (Wildman–Crippen MR) is 146 cm³/mol. The summed E-state index contributed by atoms with van der Waals surface area (Å²) in [6.45, 7) is 11.8. The Morgan fingerprint density at radius 2 is 1.84 bits per heavy atom. The molecule has 0 radical (unpaired) electrons. The lowest BCUT2D eigenvalue weighted by Gasteiger charge is -2.25. The number of carbonyl (C=O) groups excluding carboxylic acids is 2. The number of pyridine rings is 1. The van der Waals surface area contributed by atoms with E-state index >= 15 is 0 Å². The van der Waals surface area contributed by atoms with Gasteiger partial charge in [0.15, 0.2) is 0 Å². The first-order valence-corrected chi connectivity index (χ1v) is 12.9. The number of nitrogens with one attached hydrogen (secondary N) is 1. The van der Waals surface area contributed by atoms with Crippen LogP contribution in [-0.4, -0.2) is 52.4 Å². The highest BCUT2D eigenvalue weighted by molar-refractivity contribution is 5.83. The second kappa shape index (κ2) is 12.2. The van der Waals surface area contributed by atoms with E-state index in [2.05, 4.69) is 32.5 Å². The largest absolute Gasteiger partial charge is 0.444 e. The number of hydrogen-bond acceptors (Lipinski definition) is 6. The third-order valence-electron chi connectivity index (χ3n) is 6.21. The Morgan fingerprint density at radius 3 is 2.50 bits per heavy atom. The van der Waals surface area contributed by atoms with E-state index in [0.29, 0.717) is 25.2 Å². The summed E-state index contributed by atoms with van der Waals surface area (Å²) < 4.78 is 11.2. The first-order valence-electron chi connectivity index (χ1n) is 12.9. The molecule has 0 saturated carbocycles. The highest BCUT2D eigenvalue weighted by Gasteiger charge is 2.37. The molecule has 1 N–H and O–H groups in total. The zero-order valence-corrected chi connectivity index (χ0v) is 23.1. The van der Waals surface area contributed by atoms with E-state index < -0.39 is 29.4 Å². The third-order valence-corrected chi connectivity index (χ3v) is 6.21. The van der Waals surface area contributed by atoms with Crippen molar-refractivity contribution in [2.45, 2.75) is 78.0 Å². The van der Waals surface area contributed by atoms with E-state index in [1.54, 1.807) is 11.0 Å². The molecule has 1 aromatic heterocycles. The van der Waals surface area contributed by atoms with Crippen LogP contribution < -0.4 is 5.32 Å². The van der Waals surface area contributed by atoms with E-state index in [9.17, 15) is 9.59 Å². The van der Waals surface area contributed by atoms with Gasteiger partial charge >= 0.3 is 12.2 Å². The van der Waals surface area contributed by atoms with Crippen LogP contribution in [0.2, 0.25) is 0 Å². The summed E-state index contributed by atoms with van der Waals surface area (Å²) in [6.07, 6.45) is 0.929. The summed E-state index contributed by atoms with van der Waals surface area (Å²) in [4.78, 5) is 34.4. The molecule has 1 aromatic carbocycles. The third kappa shape index (κ3) is 8.95. The van der Waals surface area contributed by atoms with E-state index in [1.807, 2.05) is 65.8 Å². The Labute approximate surface area is 224 Å². The molecule has 2 amide bonds. The zero-order valence-electron chi connectivity index (χ0n) is 23.1. The van der Waals surface area contributed by atoms with Gasteiger partial charge in [-0.1, -0.05) is 35.4 Å². The predicted octanol–water partition coefficient (Wildman–Crippen LogP) is 6.44. The first-order chi connectivity index (χ1) is 17.8. The van der Waals surface area contributed by atoms with Crippen LogP contribution in [0.15, 0.2) is 47.6 Å². The molecule has 1 aliphatic rings. The summed E-state index contributed by atoms with van der Waals surface area (Å²) in [7, 11) is 0. The van der Waals surface area contributed by atoms with Gasteiger partial charge in [0.25, 0.3) is 0 Å². The minimum atomic E-state index is -0.663. The van der Waals surface area contributed by atoms with Gasteiger partial charge in [-0.15, -0.1) is 0 Å². The molecular weight excluding hydrogens is 484 g/mol. The van der Waals surface area contributed by atoms with Gasteiger partial charge in [0.05, 0.1) is 6.04 Å². The lowest BCUT2D eigenvalue weighted by molar-refractivity contribution is 0.0286. The molecular formula is C28H38N6O4. The smallest absolute Gasteiger partial charge is 0.413 e. The molecule has 0 aliphatic carbocycles. The number of hydrogen-bond donors (Lipinski definition) is 1. The minimum Gasteiger partial charge on any atom is -0.444 e. The standard InChI is InChI=1S/C28H38N6O4/c1-19-14-22(16-21-17-34(18-23(21)32-33-29)26(36)38-27(2,3)4)30-24(15-19)31-25(35)37-28(5,6)13-12-20-10-8-7-9-11-20/h7-11,14-15,21,23H,12-13,16-18H2,1-6H3,(H,30,31,35). The Kier molecular flexibility index (Phi) is 9.22. The number of aromatic nitrogens is 1. The molecule has 204 valence electrons. The molecule has 38 heavy (non-hydrogen) atoms. The number of likely N-dealkylation sites (tertiary alicyclic amines) is 1.